The molecule has 2 aliphatic rings. The van der Waals surface area contributed by atoms with Gasteiger partial charge in [-0.15, -0.1) is 0 Å². The summed E-state index contributed by atoms with van der Waals surface area (Å²) in [6.45, 7) is 5.69. The Bertz CT molecular complexity index is 1410. The van der Waals surface area contributed by atoms with E-state index in [9.17, 15) is 29.1 Å². The molecular formula is C34H49N5O7. The van der Waals surface area contributed by atoms with Gasteiger partial charge in [0.1, 0.15) is 37.4 Å². The van der Waals surface area contributed by atoms with Gasteiger partial charge in [-0.05, 0) is 56.6 Å². The van der Waals surface area contributed by atoms with E-state index in [1.165, 1.54) is 6.92 Å². The summed E-state index contributed by atoms with van der Waals surface area (Å²) in [4.78, 5) is 74.6. The summed E-state index contributed by atoms with van der Waals surface area (Å²) in [6, 6.07) is 4.01. The van der Waals surface area contributed by atoms with E-state index in [1.54, 1.807) is 22.9 Å². The molecule has 0 unspecified atom stereocenters. The molecule has 46 heavy (non-hydrogen) atoms. The number of para-hydroxylation sites is 1. The van der Waals surface area contributed by atoms with Crippen molar-refractivity contribution in [2.45, 2.75) is 115 Å². The average molecular weight is 640 g/mol. The second-order valence-electron chi connectivity index (χ2n) is 12.7. The Labute approximate surface area is 270 Å². The molecule has 3 heterocycles. The second-order valence-corrected chi connectivity index (χ2v) is 12.7. The minimum atomic E-state index is -1.04. The summed E-state index contributed by atoms with van der Waals surface area (Å²) in [7, 11) is 1.55. The highest BCUT2D eigenvalue weighted by Crippen LogP contribution is 2.24. The Kier molecular flexibility index (Phi) is 12.2. The molecule has 4 amide bonds. The molecule has 4 rings (SSSR count). The van der Waals surface area contributed by atoms with Crippen LogP contribution in [-0.4, -0.2) is 88.1 Å². The van der Waals surface area contributed by atoms with Crippen LogP contribution in [0.4, 0.5) is 0 Å². The second kappa shape index (κ2) is 16.1. The zero-order valence-corrected chi connectivity index (χ0v) is 27.4. The topological polar surface area (TPSA) is 159 Å². The van der Waals surface area contributed by atoms with Crippen molar-refractivity contribution in [3.63, 3.8) is 0 Å². The number of rotatable bonds is 12. The largest absolute Gasteiger partial charge is 0.417 e. The van der Waals surface area contributed by atoms with E-state index >= 15 is 0 Å². The molecule has 0 radical (unpaired) electrons. The number of Topliss-reactive ketones (excluding diaryl/α,β-unsaturated/α-hetero) is 1. The van der Waals surface area contributed by atoms with Crippen molar-refractivity contribution in [1.82, 2.24) is 25.6 Å². The summed E-state index contributed by atoms with van der Waals surface area (Å²) in [5.74, 6) is -2.07. The zero-order valence-electron chi connectivity index (χ0n) is 27.4. The number of aromatic nitrogens is 1. The van der Waals surface area contributed by atoms with Crippen LogP contribution in [0, 0.1) is 5.92 Å². The zero-order chi connectivity index (χ0) is 33.4. The highest BCUT2D eigenvalue weighted by atomic mass is 16.6. The highest BCUT2D eigenvalue weighted by Gasteiger charge is 2.41. The number of hydrogen-bond acceptors (Lipinski definition) is 7. The number of nitrogens with zero attached hydrogens (tertiary/aromatic N) is 2. The monoisotopic (exact) mass is 639 g/mol. The van der Waals surface area contributed by atoms with Gasteiger partial charge in [-0.3, -0.25) is 24.0 Å². The number of nitrogens with one attached hydrogen (secondary N) is 3. The molecule has 2 aliphatic heterocycles. The molecule has 1 aromatic carbocycles. The standard InChI is InChI=1S/C34H49N5O7/c1-5-21(2)30-34(45)38-18-12-11-16-28(38)33(44)35-25(14-7-6-8-17-29(41)22(3)40)31(42)36-26(32(43)37-30)19-23-20-39(46-4)27-15-10-9-13-24(23)27/h9-10,13,15,20-22,25-26,28,30,40H,5-8,11-12,14,16-19H2,1-4H3,(H,35,44)(H,36,42)(H,37,43)/t21-,22-,25-,26-,28+,30-/m0/s1. The molecule has 2 fully saturated rings. The lowest BCUT2D eigenvalue weighted by Gasteiger charge is -2.39. The van der Waals surface area contributed by atoms with Crippen LogP contribution >= 0.6 is 0 Å². The lowest BCUT2D eigenvalue weighted by molar-refractivity contribution is -0.147. The smallest absolute Gasteiger partial charge is 0.246 e. The first-order valence-electron chi connectivity index (χ1n) is 16.6. The Balaban J connectivity index is 1.65. The molecule has 0 spiro atoms. The average Bonchev–Trinajstić information content (AvgIpc) is 3.41. The number of unbranched alkanes of at least 4 members (excludes halogenated alkanes) is 2. The molecule has 0 saturated carbocycles. The van der Waals surface area contributed by atoms with Crippen LogP contribution in [0.1, 0.15) is 84.1 Å². The van der Waals surface area contributed by atoms with E-state index in [0.717, 1.165) is 29.3 Å². The van der Waals surface area contributed by atoms with Crippen molar-refractivity contribution < 1.29 is 33.9 Å². The fraction of sp³-hybridized carbons (Fsp3) is 0.618. The summed E-state index contributed by atoms with van der Waals surface area (Å²) < 4.78 is 1.60. The quantitative estimate of drug-likeness (QED) is 0.259. The van der Waals surface area contributed by atoms with Crippen LogP contribution < -0.4 is 20.8 Å². The van der Waals surface area contributed by atoms with Gasteiger partial charge in [0, 0.05) is 31.0 Å². The predicted octanol–water partition coefficient (Wildman–Crippen LogP) is 2.04. The number of amides is 4. The minimum Gasteiger partial charge on any atom is -0.417 e. The molecule has 6 atom stereocenters. The van der Waals surface area contributed by atoms with Gasteiger partial charge in [0.25, 0.3) is 0 Å². The third kappa shape index (κ3) is 8.26. The van der Waals surface area contributed by atoms with Crippen LogP contribution in [0.3, 0.4) is 0 Å². The number of hydrogen-bond donors (Lipinski definition) is 4. The minimum absolute atomic E-state index is 0.129. The molecule has 2 saturated heterocycles. The molecule has 4 N–H and O–H groups in total. The van der Waals surface area contributed by atoms with Gasteiger partial charge in [0.05, 0.1) is 5.52 Å². The van der Waals surface area contributed by atoms with Crippen LogP contribution in [0.5, 0.6) is 0 Å². The number of ketones is 1. The van der Waals surface area contributed by atoms with Crippen LogP contribution in [0.2, 0.25) is 0 Å². The number of fused-ring (bicyclic) bond motifs is 2. The molecule has 12 nitrogen and oxygen atoms in total. The molecule has 0 aliphatic carbocycles. The predicted molar refractivity (Wildman–Crippen MR) is 173 cm³/mol. The third-order valence-corrected chi connectivity index (χ3v) is 9.39. The van der Waals surface area contributed by atoms with Gasteiger partial charge in [0.2, 0.25) is 23.6 Å². The maximum absolute atomic E-state index is 14.0. The van der Waals surface area contributed by atoms with Gasteiger partial charge in [-0.1, -0.05) is 51.3 Å². The van der Waals surface area contributed by atoms with Crippen LogP contribution in [-0.2, 0) is 30.4 Å². The molecule has 0 bridgehead atoms. The number of benzene rings is 1. The first kappa shape index (κ1) is 34.9. The van der Waals surface area contributed by atoms with Gasteiger partial charge >= 0.3 is 0 Å². The van der Waals surface area contributed by atoms with E-state index in [2.05, 4.69) is 16.0 Å². The number of piperidine rings is 1. The lowest BCUT2D eigenvalue weighted by Crippen LogP contribution is -2.64. The van der Waals surface area contributed by atoms with Crippen molar-refractivity contribution in [3.8, 4) is 0 Å². The Morgan fingerprint density at radius 1 is 0.978 bits per heavy atom. The fourth-order valence-electron chi connectivity index (χ4n) is 6.39. The first-order valence-corrected chi connectivity index (χ1v) is 16.6. The Hall–Kier alpha value is -3.93. The van der Waals surface area contributed by atoms with Crippen LogP contribution in [0.15, 0.2) is 30.5 Å². The Morgan fingerprint density at radius 2 is 1.70 bits per heavy atom. The number of aliphatic hydroxyl groups is 1. The van der Waals surface area contributed by atoms with Gasteiger partial charge in [-0.2, -0.15) is 4.73 Å². The van der Waals surface area contributed by atoms with Crippen molar-refractivity contribution >= 4 is 40.3 Å². The van der Waals surface area contributed by atoms with Crippen molar-refractivity contribution in [3.05, 3.63) is 36.0 Å². The van der Waals surface area contributed by atoms with E-state index in [4.69, 9.17) is 4.84 Å². The third-order valence-electron chi connectivity index (χ3n) is 9.39. The molecule has 252 valence electrons. The first-order chi connectivity index (χ1) is 22.0. The molecule has 12 heteroatoms. The lowest BCUT2D eigenvalue weighted by atomic mass is 9.93. The maximum Gasteiger partial charge on any atom is 0.246 e. The van der Waals surface area contributed by atoms with E-state index in [-0.39, 0.29) is 42.8 Å². The highest BCUT2D eigenvalue weighted by molar-refractivity contribution is 5.98. The maximum atomic E-state index is 14.0. The number of carbonyl (C=O) groups excluding carboxylic acids is 5. The van der Waals surface area contributed by atoms with Crippen molar-refractivity contribution in [2.75, 3.05) is 13.7 Å². The van der Waals surface area contributed by atoms with Gasteiger partial charge in [-0.25, -0.2) is 0 Å². The summed E-state index contributed by atoms with van der Waals surface area (Å²) in [5.41, 5.74) is 1.58. The summed E-state index contributed by atoms with van der Waals surface area (Å²) in [5, 5.41) is 19.1. The molecular weight excluding hydrogens is 590 g/mol. The number of carbonyl (C=O) groups is 5. The van der Waals surface area contributed by atoms with E-state index < -0.39 is 42.1 Å². The van der Waals surface area contributed by atoms with E-state index in [1.807, 2.05) is 38.1 Å². The SMILES string of the molecule is CC[C@H](C)[C@@H]1NC(=O)[C@H](Cc2cn(OC)c3ccccc23)NC(=O)[C@H](CCCCCC(=O)[C@H](C)O)NC(=O)[C@H]2CCCCN2C1=O. The Morgan fingerprint density at radius 3 is 2.41 bits per heavy atom. The summed E-state index contributed by atoms with van der Waals surface area (Å²) >= 11 is 0. The van der Waals surface area contributed by atoms with Crippen LogP contribution in [0.25, 0.3) is 10.9 Å². The van der Waals surface area contributed by atoms with Crippen molar-refractivity contribution in [2.24, 2.45) is 5.92 Å². The van der Waals surface area contributed by atoms with Crippen molar-refractivity contribution in [1.29, 1.82) is 0 Å². The van der Waals surface area contributed by atoms with E-state index in [0.29, 0.717) is 38.6 Å². The normalized spacial score (nSPS) is 24.2. The van der Waals surface area contributed by atoms with Gasteiger partial charge in [0.15, 0.2) is 5.78 Å². The fourth-order valence-corrected chi connectivity index (χ4v) is 6.39. The number of aliphatic hydroxyl groups excluding tert-OH is 1. The summed E-state index contributed by atoms with van der Waals surface area (Å²) in [6.07, 6.45) is 5.73. The van der Waals surface area contributed by atoms with Gasteiger partial charge < -0.3 is 30.8 Å². The molecule has 1 aromatic heterocycles. The molecule has 2 aromatic rings.